The number of carbonyl (C=O) groups excluding carboxylic acids is 1. The minimum atomic E-state index is -5.93. The number of hydrogen-bond acceptors (Lipinski definition) is 6. The van der Waals surface area contributed by atoms with Crippen molar-refractivity contribution in [1.82, 2.24) is 0 Å². The molecule has 0 unspecified atom stereocenters. The average Bonchev–Trinajstić information content (AvgIpc) is 2.76. The van der Waals surface area contributed by atoms with Gasteiger partial charge in [0, 0.05) is 10.6 Å². The molecule has 0 atom stereocenters. The van der Waals surface area contributed by atoms with Crippen molar-refractivity contribution in [2.45, 2.75) is 71.7 Å². The summed E-state index contributed by atoms with van der Waals surface area (Å²) in [7, 11) is -5.93. The monoisotopic (exact) mass is 540 g/mol. The second kappa shape index (κ2) is 11.8. The Morgan fingerprint density at radius 2 is 1.80 bits per heavy atom. The fraction of sp³-hybridized carbons (Fsp3) is 0.652. The molecule has 12 heteroatoms. The van der Waals surface area contributed by atoms with Gasteiger partial charge in [-0.25, -0.2) is 4.31 Å². The van der Waals surface area contributed by atoms with Crippen molar-refractivity contribution in [3.63, 3.8) is 0 Å². The van der Waals surface area contributed by atoms with Gasteiger partial charge in [0.25, 0.3) is 0 Å². The lowest BCUT2D eigenvalue weighted by Crippen LogP contribution is -2.44. The number of benzene rings is 1. The third kappa shape index (κ3) is 7.73. The van der Waals surface area contributed by atoms with Gasteiger partial charge in [0.15, 0.2) is 6.73 Å². The number of oxime groups is 1. The van der Waals surface area contributed by atoms with E-state index in [1.54, 1.807) is 6.92 Å². The summed E-state index contributed by atoms with van der Waals surface area (Å²) in [5, 5.41) is 4.28. The number of rotatable bonds is 9. The highest BCUT2D eigenvalue weighted by atomic mass is 35.5. The molecule has 1 fully saturated rings. The van der Waals surface area contributed by atoms with Gasteiger partial charge in [0.2, 0.25) is 0 Å². The normalized spacial score (nSPS) is 16.2. The lowest BCUT2D eigenvalue weighted by molar-refractivity contribution is -0.152. The van der Waals surface area contributed by atoms with E-state index in [1.165, 1.54) is 39.3 Å². The molecule has 0 saturated heterocycles. The predicted octanol–water partition coefficient (Wildman–Crippen LogP) is 6.25. The van der Waals surface area contributed by atoms with E-state index in [0.717, 1.165) is 31.7 Å². The van der Waals surface area contributed by atoms with Gasteiger partial charge in [0.05, 0.1) is 16.8 Å². The standard InChI is InChI=1S/C23H32ClF3N2O5S/c1-5-19(28-34-14-16-9-7-6-8-10-16)18-13-17(24)11-12-20(18)29(35(31,32)23(25,26)27)15-33-21(30)22(2,3)4/h11-13,16H,5-10,14-15H2,1-4H3. The molecular weight excluding hydrogens is 509 g/mol. The smallest absolute Gasteiger partial charge is 0.443 e. The number of anilines is 1. The van der Waals surface area contributed by atoms with Gasteiger partial charge < -0.3 is 9.57 Å². The molecule has 7 nitrogen and oxygen atoms in total. The maximum Gasteiger partial charge on any atom is 0.516 e. The Labute approximate surface area is 209 Å². The molecule has 0 spiro atoms. The summed E-state index contributed by atoms with van der Waals surface area (Å²) >= 11 is 6.10. The minimum absolute atomic E-state index is 0.00855. The van der Waals surface area contributed by atoms with Crippen molar-refractivity contribution < 1.29 is 36.0 Å². The first-order chi connectivity index (χ1) is 16.2. The second-order valence-corrected chi connectivity index (χ2v) is 11.8. The average molecular weight is 541 g/mol. The van der Waals surface area contributed by atoms with Gasteiger partial charge in [0.1, 0.15) is 6.61 Å². The molecule has 1 aliphatic carbocycles. The van der Waals surface area contributed by atoms with E-state index in [2.05, 4.69) is 5.16 Å². The Balaban J connectivity index is 2.47. The van der Waals surface area contributed by atoms with Crippen LogP contribution in [0.5, 0.6) is 0 Å². The molecule has 0 aliphatic heterocycles. The number of alkyl halides is 3. The van der Waals surface area contributed by atoms with Crippen LogP contribution in [0, 0.1) is 11.3 Å². The molecule has 1 aromatic rings. The first-order valence-electron chi connectivity index (χ1n) is 11.4. The van der Waals surface area contributed by atoms with Crippen LogP contribution >= 0.6 is 11.6 Å². The van der Waals surface area contributed by atoms with E-state index in [4.69, 9.17) is 21.2 Å². The highest BCUT2D eigenvalue weighted by molar-refractivity contribution is 7.93. The lowest BCUT2D eigenvalue weighted by Gasteiger charge is -2.28. The van der Waals surface area contributed by atoms with Crippen LogP contribution in [-0.4, -0.2) is 38.9 Å². The first-order valence-corrected chi connectivity index (χ1v) is 13.2. The molecule has 35 heavy (non-hydrogen) atoms. The SMILES string of the molecule is CCC(=NOCC1CCCCC1)c1cc(Cl)ccc1N(COC(=O)C(C)(C)C)S(=O)(=O)C(F)(F)F. The number of ether oxygens (including phenoxy) is 1. The molecule has 0 aromatic heterocycles. The van der Waals surface area contributed by atoms with Crippen molar-refractivity contribution in [1.29, 1.82) is 0 Å². The third-order valence-corrected chi connectivity index (χ3v) is 7.29. The van der Waals surface area contributed by atoms with Crippen LogP contribution in [0.3, 0.4) is 0 Å². The van der Waals surface area contributed by atoms with E-state index in [-0.39, 0.29) is 32.7 Å². The van der Waals surface area contributed by atoms with Crippen LogP contribution in [0.1, 0.15) is 71.8 Å². The van der Waals surface area contributed by atoms with E-state index >= 15 is 0 Å². The van der Waals surface area contributed by atoms with Crippen molar-refractivity contribution in [2.24, 2.45) is 16.5 Å². The molecule has 0 N–H and O–H groups in total. The van der Waals surface area contributed by atoms with E-state index in [9.17, 15) is 26.4 Å². The summed E-state index contributed by atoms with van der Waals surface area (Å²) in [6.45, 7) is 5.38. The Morgan fingerprint density at radius 1 is 1.17 bits per heavy atom. The maximum absolute atomic E-state index is 13.6. The van der Waals surface area contributed by atoms with Gasteiger partial charge in [-0.2, -0.15) is 21.6 Å². The molecule has 1 aliphatic rings. The Morgan fingerprint density at radius 3 is 2.34 bits per heavy atom. The summed E-state index contributed by atoms with van der Waals surface area (Å²) in [5.74, 6) is -0.529. The summed E-state index contributed by atoms with van der Waals surface area (Å²) in [6.07, 6.45) is 5.63. The van der Waals surface area contributed by atoms with Crippen LogP contribution in [0.15, 0.2) is 23.4 Å². The molecule has 0 radical (unpaired) electrons. The van der Waals surface area contributed by atoms with E-state index in [0.29, 0.717) is 12.5 Å². The van der Waals surface area contributed by atoms with Crippen molar-refractivity contribution in [2.75, 3.05) is 17.6 Å². The molecule has 0 bridgehead atoms. The van der Waals surface area contributed by atoms with Crippen LogP contribution in [-0.2, 0) is 24.4 Å². The van der Waals surface area contributed by atoms with Crippen LogP contribution in [0.2, 0.25) is 5.02 Å². The Hall–Kier alpha value is -2.01. The fourth-order valence-corrected chi connectivity index (χ4v) is 4.59. The zero-order chi connectivity index (χ0) is 26.4. The summed E-state index contributed by atoms with van der Waals surface area (Å²) in [6, 6.07) is 3.69. The van der Waals surface area contributed by atoms with Crippen LogP contribution in [0.4, 0.5) is 18.9 Å². The quantitative estimate of drug-likeness (QED) is 0.160. The molecular formula is C23H32ClF3N2O5S. The number of hydrogen-bond donors (Lipinski definition) is 0. The van der Waals surface area contributed by atoms with Gasteiger partial charge >= 0.3 is 21.5 Å². The van der Waals surface area contributed by atoms with Crippen molar-refractivity contribution >= 4 is 39.0 Å². The molecule has 1 aromatic carbocycles. The largest absolute Gasteiger partial charge is 0.516 e. The number of halogens is 4. The minimum Gasteiger partial charge on any atom is -0.443 e. The predicted molar refractivity (Wildman–Crippen MR) is 129 cm³/mol. The third-order valence-electron chi connectivity index (χ3n) is 5.59. The first kappa shape index (κ1) is 29.2. The number of esters is 1. The number of sulfonamides is 1. The molecule has 1 saturated carbocycles. The van der Waals surface area contributed by atoms with Crippen LogP contribution in [0.25, 0.3) is 0 Å². The van der Waals surface area contributed by atoms with Gasteiger partial charge in [-0.3, -0.25) is 4.79 Å². The highest BCUT2D eigenvalue weighted by Crippen LogP contribution is 2.35. The second-order valence-electron chi connectivity index (χ2n) is 9.46. The Kier molecular flexibility index (Phi) is 9.87. The molecule has 2 rings (SSSR count). The van der Waals surface area contributed by atoms with Crippen molar-refractivity contribution in [3.05, 3.63) is 28.8 Å². The van der Waals surface area contributed by atoms with E-state index in [1.807, 2.05) is 0 Å². The molecule has 0 heterocycles. The fourth-order valence-electron chi connectivity index (χ4n) is 3.56. The van der Waals surface area contributed by atoms with Gasteiger partial charge in [-0.05, 0) is 64.2 Å². The van der Waals surface area contributed by atoms with Crippen molar-refractivity contribution in [3.8, 4) is 0 Å². The summed E-state index contributed by atoms with van der Waals surface area (Å²) < 4.78 is 70.7. The molecule has 198 valence electrons. The zero-order valence-corrected chi connectivity index (χ0v) is 21.9. The highest BCUT2D eigenvalue weighted by Gasteiger charge is 2.51. The van der Waals surface area contributed by atoms with Gasteiger partial charge in [-0.1, -0.05) is 42.9 Å². The zero-order valence-electron chi connectivity index (χ0n) is 20.3. The summed E-state index contributed by atoms with van der Waals surface area (Å²) in [4.78, 5) is 17.7. The summed E-state index contributed by atoms with van der Waals surface area (Å²) in [5.41, 5.74) is -6.83. The number of nitrogens with zero attached hydrogens (tertiary/aromatic N) is 2. The van der Waals surface area contributed by atoms with E-state index < -0.39 is 33.6 Å². The Bertz CT molecular complexity index is 1020. The molecule has 0 amide bonds. The topological polar surface area (TPSA) is 85.3 Å². The van der Waals surface area contributed by atoms with Gasteiger partial charge in [-0.15, -0.1) is 0 Å². The number of carbonyl (C=O) groups is 1. The maximum atomic E-state index is 13.6. The van der Waals surface area contributed by atoms with Crippen LogP contribution < -0.4 is 4.31 Å². The lowest BCUT2D eigenvalue weighted by atomic mass is 9.90.